The fourth-order valence-corrected chi connectivity index (χ4v) is 4.01. The summed E-state index contributed by atoms with van der Waals surface area (Å²) in [6, 6.07) is 16.7. The second kappa shape index (κ2) is 9.62. The molecule has 1 aliphatic heterocycles. The molecule has 2 N–H and O–H groups in total. The van der Waals surface area contributed by atoms with E-state index in [9.17, 15) is 4.79 Å². The van der Waals surface area contributed by atoms with Gasteiger partial charge in [0.25, 0.3) is 0 Å². The van der Waals surface area contributed by atoms with E-state index < -0.39 is 0 Å². The molecule has 0 fully saturated rings. The van der Waals surface area contributed by atoms with Crippen molar-refractivity contribution in [1.82, 2.24) is 10.6 Å². The van der Waals surface area contributed by atoms with Gasteiger partial charge >= 0.3 is 0 Å². The molecule has 0 atom stereocenters. The van der Waals surface area contributed by atoms with E-state index in [1.165, 1.54) is 21.2 Å². The van der Waals surface area contributed by atoms with Crippen molar-refractivity contribution in [2.24, 2.45) is 0 Å². The third-order valence-corrected chi connectivity index (χ3v) is 5.33. The number of benzene rings is 2. The minimum absolute atomic E-state index is 0.0757. The summed E-state index contributed by atoms with van der Waals surface area (Å²) >= 11 is 1.78. The smallest absolute Gasteiger partial charge is 0.221 e. The highest BCUT2D eigenvalue weighted by molar-refractivity contribution is 7.99. The lowest BCUT2D eigenvalue weighted by atomic mass is 10.2. The molecular weight excluding hydrogens is 346 g/mol. The summed E-state index contributed by atoms with van der Waals surface area (Å²) < 4.78 is 4.98. The Bertz CT molecular complexity index is 693. The van der Waals surface area contributed by atoms with E-state index in [4.69, 9.17) is 4.74 Å². The first kappa shape index (κ1) is 18.8. The number of methoxy groups -OCH3 is 1. The number of hydrogen-bond donors (Lipinski definition) is 2. The molecule has 0 aromatic heterocycles. The van der Waals surface area contributed by atoms with Crippen molar-refractivity contribution < 1.29 is 9.53 Å². The van der Waals surface area contributed by atoms with Gasteiger partial charge in [0.2, 0.25) is 5.91 Å². The Labute approximate surface area is 159 Å². The van der Waals surface area contributed by atoms with E-state index in [1.54, 1.807) is 18.9 Å². The summed E-state index contributed by atoms with van der Waals surface area (Å²) in [4.78, 5) is 16.9. The monoisotopic (exact) mass is 371 g/mol. The lowest BCUT2D eigenvalue weighted by molar-refractivity contribution is -0.120. The molecule has 0 bridgehead atoms. The van der Waals surface area contributed by atoms with Crippen molar-refractivity contribution >= 4 is 29.0 Å². The Morgan fingerprint density at radius 3 is 2.31 bits per heavy atom. The normalized spacial score (nSPS) is 12.4. The molecule has 138 valence electrons. The molecule has 2 aromatic rings. The summed E-state index contributed by atoms with van der Waals surface area (Å²) in [7, 11) is 1.68. The maximum Gasteiger partial charge on any atom is 0.221 e. The Hall–Kier alpha value is -2.02. The fraction of sp³-hybridized carbons (Fsp3) is 0.350. The van der Waals surface area contributed by atoms with E-state index in [1.807, 2.05) is 12.1 Å². The summed E-state index contributed by atoms with van der Waals surface area (Å²) in [5, 5.41) is 6.19. The minimum Gasteiger partial charge on any atom is -0.383 e. The van der Waals surface area contributed by atoms with Crippen LogP contribution in [-0.4, -0.2) is 45.8 Å². The standard InChI is InChI=1S/C20H25N3O2S/c1-25-15-13-21-11-12-22-20(24)10-14-23-16-6-2-4-8-18(16)26-19-9-5-3-7-17(19)23/h2-9,21H,10-15H2,1H3,(H,22,24). The SMILES string of the molecule is COCCNCCNC(=O)CCN1c2ccccc2Sc2ccccc21. The Balaban J connectivity index is 1.55. The zero-order chi connectivity index (χ0) is 18.2. The fourth-order valence-electron chi connectivity index (χ4n) is 2.91. The third kappa shape index (κ3) is 4.78. The summed E-state index contributed by atoms with van der Waals surface area (Å²) in [6.45, 7) is 3.52. The molecule has 5 nitrogen and oxygen atoms in total. The summed E-state index contributed by atoms with van der Waals surface area (Å²) in [5.74, 6) is 0.0757. The van der Waals surface area contributed by atoms with Crippen molar-refractivity contribution in [2.45, 2.75) is 16.2 Å². The first-order chi connectivity index (χ1) is 12.8. The minimum atomic E-state index is 0.0757. The molecule has 2 aromatic carbocycles. The molecule has 1 heterocycles. The van der Waals surface area contributed by atoms with Crippen molar-refractivity contribution in [2.75, 3.05) is 44.8 Å². The van der Waals surface area contributed by atoms with Crippen LogP contribution in [0.3, 0.4) is 0 Å². The van der Waals surface area contributed by atoms with Gasteiger partial charge in [0.1, 0.15) is 0 Å². The molecule has 6 heteroatoms. The van der Waals surface area contributed by atoms with Crippen molar-refractivity contribution in [1.29, 1.82) is 0 Å². The highest BCUT2D eigenvalue weighted by atomic mass is 32.2. The van der Waals surface area contributed by atoms with Gasteiger partial charge in [-0.2, -0.15) is 0 Å². The van der Waals surface area contributed by atoms with Crippen LogP contribution in [-0.2, 0) is 9.53 Å². The van der Waals surface area contributed by atoms with Crippen LogP contribution in [0.1, 0.15) is 6.42 Å². The Kier molecular flexibility index (Phi) is 6.94. The second-order valence-electron chi connectivity index (χ2n) is 6.03. The number of nitrogens with one attached hydrogen (secondary N) is 2. The number of rotatable bonds is 9. The third-order valence-electron chi connectivity index (χ3n) is 4.20. The van der Waals surface area contributed by atoms with Gasteiger partial charge in [0, 0.05) is 49.5 Å². The molecule has 0 saturated carbocycles. The molecule has 0 spiro atoms. The molecule has 26 heavy (non-hydrogen) atoms. The predicted molar refractivity (Wildman–Crippen MR) is 106 cm³/mol. The number of carbonyl (C=O) groups excluding carboxylic acids is 1. The summed E-state index contributed by atoms with van der Waals surface area (Å²) in [6.07, 6.45) is 0.464. The number of hydrogen-bond acceptors (Lipinski definition) is 5. The van der Waals surface area contributed by atoms with Crippen LogP contribution in [0.5, 0.6) is 0 Å². The molecule has 0 unspecified atom stereocenters. The first-order valence-corrected chi connectivity index (χ1v) is 9.71. The summed E-state index contributed by atoms with van der Waals surface area (Å²) in [5.41, 5.74) is 2.34. The predicted octanol–water partition coefficient (Wildman–Crippen LogP) is 3.03. The number of amides is 1. The number of para-hydroxylation sites is 2. The number of fused-ring (bicyclic) bond motifs is 2. The highest BCUT2D eigenvalue weighted by Gasteiger charge is 2.22. The van der Waals surface area contributed by atoms with Gasteiger partial charge in [0.15, 0.2) is 0 Å². The Morgan fingerprint density at radius 2 is 1.65 bits per heavy atom. The number of ether oxygens (including phenoxy) is 1. The average Bonchev–Trinajstić information content (AvgIpc) is 2.67. The van der Waals surface area contributed by atoms with Crippen LogP contribution >= 0.6 is 11.8 Å². The van der Waals surface area contributed by atoms with E-state index in [-0.39, 0.29) is 5.91 Å². The van der Waals surface area contributed by atoms with Crippen LogP contribution < -0.4 is 15.5 Å². The Morgan fingerprint density at radius 1 is 1.00 bits per heavy atom. The zero-order valence-electron chi connectivity index (χ0n) is 15.0. The molecule has 1 amide bonds. The van der Waals surface area contributed by atoms with Gasteiger partial charge in [0.05, 0.1) is 18.0 Å². The maximum atomic E-state index is 12.2. The van der Waals surface area contributed by atoms with Gasteiger partial charge in [-0.05, 0) is 24.3 Å². The average molecular weight is 372 g/mol. The van der Waals surface area contributed by atoms with Crippen molar-refractivity contribution in [3.8, 4) is 0 Å². The number of nitrogens with zero attached hydrogens (tertiary/aromatic N) is 1. The van der Waals surface area contributed by atoms with Crippen LogP contribution in [0.4, 0.5) is 11.4 Å². The molecule has 0 saturated heterocycles. The number of anilines is 2. The molecule has 0 radical (unpaired) electrons. The molecule has 3 rings (SSSR count). The van der Waals surface area contributed by atoms with E-state index in [0.717, 1.165) is 13.1 Å². The first-order valence-electron chi connectivity index (χ1n) is 8.89. The lowest BCUT2D eigenvalue weighted by Crippen LogP contribution is -2.35. The van der Waals surface area contributed by atoms with Gasteiger partial charge in [-0.3, -0.25) is 4.79 Å². The van der Waals surface area contributed by atoms with Crippen LogP contribution in [0.15, 0.2) is 58.3 Å². The van der Waals surface area contributed by atoms with Gasteiger partial charge in [-0.1, -0.05) is 36.0 Å². The van der Waals surface area contributed by atoms with E-state index in [2.05, 4.69) is 51.9 Å². The molecule has 0 aliphatic carbocycles. The van der Waals surface area contributed by atoms with Crippen molar-refractivity contribution in [3.63, 3.8) is 0 Å². The highest BCUT2D eigenvalue weighted by Crippen LogP contribution is 2.47. The van der Waals surface area contributed by atoms with Gasteiger partial charge in [-0.25, -0.2) is 0 Å². The van der Waals surface area contributed by atoms with Gasteiger partial charge < -0.3 is 20.3 Å². The largest absolute Gasteiger partial charge is 0.383 e. The lowest BCUT2D eigenvalue weighted by Gasteiger charge is -2.32. The topological polar surface area (TPSA) is 53.6 Å². The maximum absolute atomic E-state index is 12.2. The number of carbonyl (C=O) groups is 1. The van der Waals surface area contributed by atoms with E-state index in [0.29, 0.717) is 26.1 Å². The second-order valence-corrected chi connectivity index (χ2v) is 7.12. The quantitative estimate of drug-likeness (QED) is 0.664. The van der Waals surface area contributed by atoms with Crippen LogP contribution in [0, 0.1) is 0 Å². The molecule has 1 aliphatic rings. The van der Waals surface area contributed by atoms with Gasteiger partial charge in [-0.15, -0.1) is 0 Å². The van der Waals surface area contributed by atoms with Crippen molar-refractivity contribution in [3.05, 3.63) is 48.5 Å². The van der Waals surface area contributed by atoms with E-state index >= 15 is 0 Å². The molecular formula is C20H25N3O2S. The zero-order valence-corrected chi connectivity index (χ0v) is 15.8. The van der Waals surface area contributed by atoms with Crippen LogP contribution in [0.2, 0.25) is 0 Å². The van der Waals surface area contributed by atoms with Crippen LogP contribution in [0.25, 0.3) is 0 Å².